The fraction of sp³-hybridized carbons (Fsp3) is 0.577. The van der Waals surface area contributed by atoms with Crippen molar-refractivity contribution in [2.75, 3.05) is 13.7 Å². The average Bonchev–Trinajstić information content (AvgIpc) is 3.29. The van der Waals surface area contributed by atoms with Gasteiger partial charge in [0.05, 0.1) is 13.0 Å². The standard InChI is InChI=1S/C26H32O8/c1-14(15-7-8-17-12-18(28-6)10-9-16(17)11-15)23(27)29-13-19-20-21(32-25(2,3)31-20)22-24(30-19)34-26(4,5)33-22/h7-12,14,19-22,24H,13H2,1-6H3/t14-,19+,20-,21-,22+,24+/m0/s1. The molecule has 8 nitrogen and oxygen atoms in total. The topological polar surface area (TPSA) is 81.7 Å². The Morgan fingerprint density at radius 1 is 0.912 bits per heavy atom. The van der Waals surface area contributed by atoms with Crippen LogP contribution in [0, 0.1) is 0 Å². The minimum absolute atomic E-state index is 0.0293. The molecule has 0 aliphatic carbocycles. The van der Waals surface area contributed by atoms with Crippen molar-refractivity contribution in [1.82, 2.24) is 0 Å². The molecule has 34 heavy (non-hydrogen) atoms. The Bertz CT molecular complexity index is 1080. The first-order valence-corrected chi connectivity index (χ1v) is 11.7. The van der Waals surface area contributed by atoms with Crippen LogP contribution in [0.15, 0.2) is 36.4 Å². The maximum atomic E-state index is 12.9. The van der Waals surface area contributed by atoms with E-state index in [9.17, 15) is 4.79 Å². The third kappa shape index (κ3) is 4.41. The molecule has 3 aliphatic rings. The quantitative estimate of drug-likeness (QED) is 0.607. The molecule has 5 rings (SSSR count). The van der Waals surface area contributed by atoms with Gasteiger partial charge in [-0.15, -0.1) is 0 Å². The molecule has 0 amide bonds. The SMILES string of the molecule is COc1ccc2cc([C@H](C)C(=O)OC[C@H]3O[C@@H]4OC(C)(C)O[C@@H]4[C@H]4OC(C)(C)O[C@H]43)ccc2c1. The highest BCUT2D eigenvalue weighted by Gasteiger charge is 2.60. The Morgan fingerprint density at radius 2 is 1.56 bits per heavy atom. The predicted octanol–water partition coefficient (Wildman–Crippen LogP) is 3.89. The number of hydrogen-bond donors (Lipinski definition) is 0. The third-order valence-electron chi connectivity index (χ3n) is 6.57. The van der Waals surface area contributed by atoms with Gasteiger partial charge >= 0.3 is 5.97 Å². The van der Waals surface area contributed by atoms with E-state index in [-0.39, 0.29) is 18.7 Å². The lowest BCUT2D eigenvalue weighted by molar-refractivity contribution is -0.242. The molecule has 2 aromatic rings. The summed E-state index contributed by atoms with van der Waals surface area (Å²) in [6.07, 6.45) is -2.39. The van der Waals surface area contributed by atoms with Gasteiger partial charge in [-0.05, 0) is 63.1 Å². The molecule has 6 atom stereocenters. The second-order valence-electron chi connectivity index (χ2n) is 10.0. The van der Waals surface area contributed by atoms with E-state index in [1.165, 1.54) is 0 Å². The van der Waals surface area contributed by atoms with Crippen LogP contribution in [0.1, 0.15) is 46.1 Å². The lowest BCUT2D eigenvalue weighted by atomic mass is 9.97. The Labute approximate surface area is 199 Å². The molecule has 184 valence electrons. The van der Waals surface area contributed by atoms with Crippen LogP contribution in [0.4, 0.5) is 0 Å². The van der Waals surface area contributed by atoms with Gasteiger partial charge in [0.15, 0.2) is 17.9 Å². The van der Waals surface area contributed by atoms with E-state index in [0.29, 0.717) is 0 Å². The first kappa shape index (κ1) is 23.5. The third-order valence-corrected chi connectivity index (χ3v) is 6.57. The number of ether oxygens (including phenoxy) is 7. The molecular formula is C26H32O8. The van der Waals surface area contributed by atoms with Crippen LogP contribution in [-0.4, -0.2) is 62.0 Å². The lowest BCUT2D eigenvalue weighted by Crippen LogP contribution is -2.56. The van der Waals surface area contributed by atoms with Gasteiger partial charge in [0, 0.05) is 0 Å². The van der Waals surface area contributed by atoms with Crippen LogP contribution in [-0.2, 0) is 33.2 Å². The second kappa shape index (κ2) is 8.46. The van der Waals surface area contributed by atoms with Crippen LogP contribution >= 0.6 is 0 Å². The maximum absolute atomic E-state index is 12.9. The van der Waals surface area contributed by atoms with Gasteiger partial charge in [0.1, 0.15) is 36.8 Å². The molecule has 0 N–H and O–H groups in total. The Kier molecular flexibility index (Phi) is 5.85. The van der Waals surface area contributed by atoms with E-state index in [2.05, 4.69) is 0 Å². The van der Waals surface area contributed by atoms with Crippen molar-refractivity contribution in [1.29, 1.82) is 0 Å². The zero-order chi connectivity index (χ0) is 24.3. The van der Waals surface area contributed by atoms with Crippen molar-refractivity contribution in [2.45, 2.75) is 82.8 Å². The largest absolute Gasteiger partial charge is 0.497 e. The van der Waals surface area contributed by atoms with Crippen molar-refractivity contribution in [3.05, 3.63) is 42.0 Å². The molecular weight excluding hydrogens is 440 g/mol. The normalized spacial score (nSPS) is 32.1. The van der Waals surface area contributed by atoms with E-state index in [4.69, 9.17) is 33.2 Å². The van der Waals surface area contributed by atoms with Crippen molar-refractivity contribution in [2.24, 2.45) is 0 Å². The van der Waals surface area contributed by atoms with Crippen molar-refractivity contribution >= 4 is 16.7 Å². The minimum atomic E-state index is -0.799. The predicted molar refractivity (Wildman–Crippen MR) is 122 cm³/mol. The van der Waals surface area contributed by atoms with E-state index >= 15 is 0 Å². The summed E-state index contributed by atoms with van der Waals surface area (Å²) in [7, 11) is 1.64. The van der Waals surface area contributed by atoms with Gasteiger partial charge in [-0.2, -0.15) is 0 Å². The lowest BCUT2D eigenvalue weighted by Gasteiger charge is -2.37. The van der Waals surface area contributed by atoms with Crippen LogP contribution in [0.5, 0.6) is 5.75 Å². The van der Waals surface area contributed by atoms with E-state index in [0.717, 1.165) is 22.1 Å². The molecule has 3 fully saturated rings. The van der Waals surface area contributed by atoms with Crippen molar-refractivity contribution < 1.29 is 38.0 Å². The number of methoxy groups -OCH3 is 1. The molecule has 0 spiro atoms. The monoisotopic (exact) mass is 472 g/mol. The van der Waals surface area contributed by atoms with Crippen LogP contribution in [0.3, 0.4) is 0 Å². The average molecular weight is 473 g/mol. The van der Waals surface area contributed by atoms with Gasteiger partial charge in [0.25, 0.3) is 0 Å². The fourth-order valence-electron chi connectivity index (χ4n) is 4.89. The van der Waals surface area contributed by atoms with Crippen LogP contribution in [0.2, 0.25) is 0 Å². The summed E-state index contributed by atoms with van der Waals surface area (Å²) < 4.78 is 41.3. The van der Waals surface area contributed by atoms with Gasteiger partial charge in [-0.25, -0.2) is 0 Å². The number of hydrogen-bond acceptors (Lipinski definition) is 8. The van der Waals surface area contributed by atoms with Crippen molar-refractivity contribution in [3.8, 4) is 5.75 Å². The molecule has 0 radical (unpaired) electrons. The second-order valence-corrected chi connectivity index (χ2v) is 10.0. The highest BCUT2D eigenvalue weighted by molar-refractivity contribution is 5.86. The minimum Gasteiger partial charge on any atom is -0.497 e. The number of benzene rings is 2. The molecule has 0 unspecified atom stereocenters. The van der Waals surface area contributed by atoms with E-state index in [1.807, 2.05) is 71.0 Å². The molecule has 8 heteroatoms. The number of carbonyl (C=O) groups excluding carboxylic acids is 1. The van der Waals surface area contributed by atoms with Crippen molar-refractivity contribution in [3.63, 3.8) is 0 Å². The number of carbonyl (C=O) groups is 1. The summed E-state index contributed by atoms with van der Waals surface area (Å²) in [5, 5.41) is 2.07. The Balaban J connectivity index is 1.27. The van der Waals surface area contributed by atoms with E-state index < -0.39 is 42.1 Å². The summed E-state index contributed by atoms with van der Waals surface area (Å²) in [5.41, 5.74) is 0.876. The smallest absolute Gasteiger partial charge is 0.313 e. The van der Waals surface area contributed by atoms with Crippen LogP contribution in [0.25, 0.3) is 10.8 Å². The highest BCUT2D eigenvalue weighted by Crippen LogP contribution is 2.44. The molecule has 0 saturated carbocycles. The van der Waals surface area contributed by atoms with Gasteiger partial charge in [-0.3, -0.25) is 4.79 Å². The number of fused-ring (bicyclic) bond motifs is 4. The summed E-state index contributed by atoms with van der Waals surface area (Å²) in [4.78, 5) is 12.9. The number of esters is 1. The highest BCUT2D eigenvalue weighted by atomic mass is 16.9. The van der Waals surface area contributed by atoms with Crippen LogP contribution < -0.4 is 4.74 Å². The molecule has 0 aromatic heterocycles. The summed E-state index contributed by atoms with van der Waals surface area (Å²) in [6, 6.07) is 11.8. The first-order chi connectivity index (χ1) is 16.0. The molecule has 2 aromatic carbocycles. The van der Waals surface area contributed by atoms with Gasteiger partial charge in [-0.1, -0.05) is 24.3 Å². The zero-order valence-electron chi connectivity index (χ0n) is 20.4. The van der Waals surface area contributed by atoms with E-state index in [1.54, 1.807) is 7.11 Å². The summed E-state index contributed by atoms with van der Waals surface area (Å²) >= 11 is 0. The van der Waals surface area contributed by atoms with Gasteiger partial charge < -0.3 is 33.2 Å². The molecule has 3 aliphatic heterocycles. The number of rotatable bonds is 5. The molecule has 0 bridgehead atoms. The maximum Gasteiger partial charge on any atom is 0.313 e. The first-order valence-electron chi connectivity index (χ1n) is 11.7. The molecule has 3 heterocycles. The Hall–Kier alpha value is -2.23. The summed E-state index contributed by atoms with van der Waals surface area (Å²) in [5.74, 6) is -1.58. The zero-order valence-corrected chi connectivity index (χ0v) is 20.4. The summed E-state index contributed by atoms with van der Waals surface area (Å²) in [6.45, 7) is 9.23. The Morgan fingerprint density at radius 3 is 2.32 bits per heavy atom. The fourth-order valence-corrected chi connectivity index (χ4v) is 4.89. The molecule has 3 saturated heterocycles. The van der Waals surface area contributed by atoms with Gasteiger partial charge in [0.2, 0.25) is 0 Å².